The Balaban J connectivity index is 1.49. The van der Waals surface area contributed by atoms with Crippen molar-refractivity contribution in [3.8, 4) is 11.8 Å². The van der Waals surface area contributed by atoms with Crippen LogP contribution in [0.25, 0.3) is 0 Å². The first kappa shape index (κ1) is 24.4. The molecule has 180 valence electrons. The van der Waals surface area contributed by atoms with E-state index in [0.717, 1.165) is 5.69 Å². The Morgan fingerprint density at radius 1 is 0.917 bits per heavy atom. The first-order valence-electron chi connectivity index (χ1n) is 10.8. The lowest BCUT2D eigenvalue weighted by molar-refractivity contribution is 0.0980. The molecule has 4 rings (SSSR count). The van der Waals surface area contributed by atoms with Gasteiger partial charge in [0.25, 0.3) is 11.8 Å². The van der Waals surface area contributed by atoms with Crippen LogP contribution in [-0.2, 0) is 16.8 Å². The zero-order chi connectivity index (χ0) is 25.7. The van der Waals surface area contributed by atoms with Crippen LogP contribution in [0.5, 0.6) is 0 Å². The Bertz CT molecular complexity index is 1610. The van der Waals surface area contributed by atoms with E-state index < -0.39 is 15.6 Å². The van der Waals surface area contributed by atoms with Gasteiger partial charge in [-0.1, -0.05) is 36.1 Å². The molecule has 36 heavy (non-hydrogen) atoms. The molecule has 1 unspecified atom stereocenters. The number of benzene rings is 2. The normalized spacial score (nSPS) is 12.1. The predicted octanol–water partition coefficient (Wildman–Crippen LogP) is 3.20. The van der Waals surface area contributed by atoms with Crippen molar-refractivity contribution in [2.45, 2.75) is 11.8 Å². The number of hydrogen-bond donors (Lipinski definition) is 2. The minimum Gasteiger partial charge on any atom is -0.307 e. The summed E-state index contributed by atoms with van der Waals surface area (Å²) in [4.78, 5) is 29.8. The number of aromatic nitrogens is 3. The molecule has 0 saturated heterocycles. The van der Waals surface area contributed by atoms with Crippen molar-refractivity contribution in [3.63, 3.8) is 0 Å². The van der Waals surface area contributed by atoms with Crippen LogP contribution in [0.1, 0.15) is 37.5 Å². The topological polar surface area (TPSA) is 106 Å². The van der Waals surface area contributed by atoms with Crippen molar-refractivity contribution >= 4 is 33.2 Å². The third kappa shape index (κ3) is 5.87. The monoisotopic (exact) mass is 497 g/mol. The molecule has 8 nitrogen and oxygen atoms in total. The minimum absolute atomic E-state index is 0.203. The van der Waals surface area contributed by atoms with E-state index in [2.05, 4.69) is 37.8 Å². The van der Waals surface area contributed by atoms with E-state index in [1.807, 2.05) is 6.92 Å². The van der Waals surface area contributed by atoms with Crippen LogP contribution in [0.2, 0.25) is 0 Å². The number of nitrogens with one attached hydrogen (secondary N) is 2. The van der Waals surface area contributed by atoms with Crippen LogP contribution in [0.4, 0.5) is 5.82 Å². The molecule has 2 aromatic carbocycles. The van der Waals surface area contributed by atoms with Gasteiger partial charge in [-0.15, -0.1) is 0 Å². The number of anilines is 1. The van der Waals surface area contributed by atoms with Crippen LogP contribution in [0.15, 0.2) is 84.0 Å². The molecule has 0 bridgehead atoms. The van der Waals surface area contributed by atoms with Gasteiger partial charge in [0.15, 0.2) is 0 Å². The lowest BCUT2D eigenvalue weighted by atomic mass is 10.1. The Kier molecular flexibility index (Phi) is 6.99. The minimum atomic E-state index is -3.02. The summed E-state index contributed by atoms with van der Waals surface area (Å²) in [5.41, 5.74) is 2.54. The van der Waals surface area contributed by atoms with Crippen LogP contribution in [0, 0.1) is 18.8 Å². The number of carbonyl (C=O) groups excluding carboxylic acids is 2. The van der Waals surface area contributed by atoms with Crippen LogP contribution < -0.4 is 10.0 Å². The number of aryl methyl sites for hydroxylation is 2. The maximum Gasteiger partial charge on any atom is 0.264 e. The van der Waals surface area contributed by atoms with Crippen LogP contribution >= 0.6 is 0 Å². The fourth-order valence-electron chi connectivity index (χ4n) is 3.34. The summed E-state index contributed by atoms with van der Waals surface area (Å²) >= 11 is 0. The van der Waals surface area contributed by atoms with Gasteiger partial charge in [-0.2, -0.15) is 5.10 Å². The molecule has 2 amide bonds. The molecule has 2 aromatic heterocycles. The molecule has 2 N–H and O–H groups in total. The maximum atomic E-state index is 12.9. The number of amides is 2. The highest BCUT2D eigenvalue weighted by molar-refractivity contribution is 7.99. The van der Waals surface area contributed by atoms with Gasteiger partial charge in [-0.05, 0) is 49.2 Å². The molecule has 0 radical (unpaired) electrons. The SMILES string of the molecule is C=S(=O)(NC(=O)c1cncc(C#Cc2cccc(C(=O)Nc3cc(C)nn3C)c2)c1)c1ccccc1. The average molecular weight is 498 g/mol. The molecule has 0 fully saturated rings. The zero-order valence-corrected chi connectivity index (χ0v) is 20.5. The number of nitrogens with zero attached hydrogens (tertiary/aromatic N) is 3. The van der Waals surface area contributed by atoms with E-state index in [-0.39, 0.29) is 11.5 Å². The first-order valence-corrected chi connectivity index (χ1v) is 12.6. The average Bonchev–Trinajstić information content (AvgIpc) is 3.19. The second-order valence-corrected chi connectivity index (χ2v) is 9.99. The molecule has 0 aliphatic rings. The lowest BCUT2D eigenvalue weighted by Gasteiger charge is -2.11. The summed E-state index contributed by atoms with van der Waals surface area (Å²) in [7, 11) is -1.27. The summed E-state index contributed by atoms with van der Waals surface area (Å²) in [5.74, 6) is 9.35. The Morgan fingerprint density at radius 3 is 2.36 bits per heavy atom. The number of rotatable bonds is 5. The molecule has 0 saturated carbocycles. The van der Waals surface area contributed by atoms with Gasteiger partial charge in [0.1, 0.15) is 5.82 Å². The molecule has 0 aliphatic carbocycles. The van der Waals surface area contributed by atoms with Crippen molar-refractivity contribution < 1.29 is 13.8 Å². The molecule has 0 spiro atoms. The van der Waals surface area contributed by atoms with Gasteiger partial charge in [0.05, 0.1) is 21.0 Å². The maximum absolute atomic E-state index is 12.9. The van der Waals surface area contributed by atoms with Crippen molar-refractivity contribution in [3.05, 3.63) is 107 Å². The highest BCUT2D eigenvalue weighted by Crippen LogP contribution is 2.12. The van der Waals surface area contributed by atoms with Gasteiger partial charge < -0.3 is 5.32 Å². The summed E-state index contributed by atoms with van der Waals surface area (Å²) in [5, 5.41) is 7.05. The van der Waals surface area contributed by atoms with Gasteiger partial charge in [-0.25, -0.2) is 4.21 Å². The Labute approximate surface area is 209 Å². The largest absolute Gasteiger partial charge is 0.307 e. The van der Waals surface area contributed by atoms with Crippen molar-refractivity contribution in [1.29, 1.82) is 0 Å². The highest BCUT2D eigenvalue weighted by Gasteiger charge is 2.14. The van der Waals surface area contributed by atoms with Gasteiger partial charge in [0, 0.05) is 47.1 Å². The predicted molar refractivity (Wildman–Crippen MR) is 140 cm³/mol. The van der Waals surface area contributed by atoms with Gasteiger partial charge >= 0.3 is 0 Å². The zero-order valence-electron chi connectivity index (χ0n) is 19.7. The second-order valence-electron chi connectivity index (χ2n) is 7.96. The van der Waals surface area contributed by atoms with E-state index in [1.165, 1.54) is 12.4 Å². The fraction of sp³-hybridized carbons (Fsp3) is 0.0741. The van der Waals surface area contributed by atoms with Crippen molar-refractivity contribution in [2.75, 3.05) is 5.32 Å². The Hall–Kier alpha value is -4.68. The first-order chi connectivity index (χ1) is 17.2. The van der Waals surface area contributed by atoms with E-state index in [9.17, 15) is 13.8 Å². The van der Waals surface area contributed by atoms with Crippen molar-refractivity contribution in [1.82, 2.24) is 19.5 Å². The number of carbonyl (C=O) groups is 2. The summed E-state index contributed by atoms with van der Waals surface area (Å²) in [6.45, 7) is 1.85. The summed E-state index contributed by atoms with van der Waals surface area (Å²) < 4.78 is 16.9. The van der Waals surface area contributed by atoms with Crippen LogP contribution in [-0.4, -0.2) is 36.7 Å². The number of pyridine rings is 1. The van der Waals surface area contributed by atoms with E-state index >= 15 is 0 Å². The highest BCUT2D eigenvalue weighted by atomic mass is 32.2. The lowest BCUT2D eigenvalue weighted by Crippen LogP contribution is -2.30. The van der Waals surface area contributed by atoms with Gasteiger partial charge in [-0.3, -0.25) is 24.0 Å². The molecule has 4 aromatic rings. The molecular weight excluding hydrogens is 474 g/mol. The molecule has 9 heteroatoms. The van der Waals surface area contributed by atoms with Crippen molar-refractivity contribution in [2.24, 2.45) is 7.05 Å². The van der Waals surface area contributed by atoms with E-state index in [1.54, 1.807) is 78.5 Å². The standard InChI is InChI=1S/C27H23N5O3S/c1-19-14-25(32(2)30-19)29-26(33)22-9-7-8-20(15-22)12-13-21-16-23(18-28-17-21)27(34)31-36(3,35)24-10-5-4-6-11-24/h4-11,14-18H,3H2,1-2H3,(H,29,33)(H,31,34,35). The molecule has 1 atom stereocenters. The van der Waals surface area contributed by atoms with E-state index in [0.29, 0.717) is 27.4 Å². The summed E-state index contributed by atoms with van der Waals surface area (Å²) in [6.07, 6.45) is 2.88. The van der Waals surface area contributed by atoms with E-state index in [4.69, 9.17) is 0 Å². The molecular formula is C27H23N5O3S. The fourth-order valence-corrected chi connectivity index (χ4v) is 4.47. The third-order valence-electron chi connectivity index (χ3n) is 5.10. The molecule has 2 heterocycles. The molecule has 0 aliphatic heterocycles. The van der Waals surface area contributed by atoms with Crippen LogP contribution in [0.3, 0.4) is 0 Å². The smallest absolute Gasteiger partial charge is 0.264 e. The van der Waals surface area contributed by atoms with Gasteiger partial charge in [0.2, 0.25) is 0 Å². The second kappa shape index (κ2) is 10.3. The quantitative estimate of drug-likeness (QED) is 0.325. The summed E-state index contributed by atoms with van der Waals surface area (Å²) in [6, 6.07) is 18.7. The Morgan fingerprint density at radius 2 is 1.64 bits per heavy atom. The third-order valence-corrected chi connectivity index (χ3v) is 6.65. The number of hydrogen-bond acceptors (Lipinski definition) is 5.